The van der Waals surface area contributed by atoms with Gasteiger partial charge in [0.25, 0.3) is 0 Å². The molecule has 2 aromatic rings. The van der Waals surface area contributed by atoms with Crippen LogP contribution in [-0.4, -0.2) is 16.5 Å². The van der Waals surface area contributed by atoms with E-state index in [4.69, 9.17) is 4.74 Å². The van der Waals surface area contributed by atoms with Gasteiger partial charge in [0.1, 0.15) is 11.6 Å². The van der Waals surface area contributed by atoms with E-state index in [1.54, 1.807) is 12.4 Å². The van der Waals surface area contributed by atoms with E-state index in [1.807, 2.05) is 24.3 Å². The fraction of sp³-hybridized carbons (Fsp3) is 0.231. The molecule has 0 spiro atoms. The predicted molar refractivity (Wildman–Crippen MR) is 75.0 cm³/mol. The molecule has 0 saturated heterocycles. The molecule has 5 heteroatoms. The normalized spacial score (nSPS) is 10.1. The Labute approximate surface area is 115 Å². The fourth-order valence-corrected chi connectivity index (χ4v) is 1.74. The van der Waals surface area contributed by atoms with Crippen LogP contribution in [0.4, 0.5) is 5.82 Å². The van der Waals surface area contributed by atoms with Crippen LogP contribution in [0.1, 0.15) is 13.3 Å². The molecular formula is C13H14BrN3O. The van der Waals surface area contributed by atoms with E-state index >= 15 is 0 Å². The van der Waals surface area contributed by atoms with Crippen LogP contribution in [0.5, 0.6) is 11.6 Å². The van der Waals surface area contributed by atoms with E-state index in [-0.39, 0.29) is 0 Å². The predicted octanol–water partition coefficient (Wildman–Crippen LogP) is 3.85. The molecular weight excluding hydrogens is 294 g/mol. The number of ether oxygens (including phenoxy) is 1. The average Bonchev–Trinajstić information content (AvgIpc) is 2.40. The summed E-state index contributed by atoms with van der Waals surface area (Å²) >= 11 is 3.43. The Balaban J connectivity index is 2.12. The molecule has 4 nitrogen and oxygen atoms in total. The number of hydrogen-bond acceptors (Lipinski definition) is 4. The van der Waals surface area contributed by atoms with Crippen molar-refractivity contribution in [3.05, 3.63) is 41.1 Å². The maximum Gasteiger partial charge on any atom is 0.239 e. The fourth-order valence-electron chi connectivity index (χ4n) is 1.38. The van der Waals surface area contributed by atoms with Gasteiger partial charge in [0.05, 0.1) is 16.9 Å². The van der Waals surface area contributed by atoms with Crippen LogP contribution in [0.25, 0.3) is 0 Å². The summed E-state index contributed by atoms with van der Waals surface area (Å²) in [4.78, 5) is 8.43. The maximum absolute atomic E-state index is 5.67. The molecule has 94 valence electrons. The minimum Gasteiger partial charge on any atom is -0.436 e. The van der Waals surface area contributed by atoms with E-state index in [1.165, 1.54) is 0 Å². The molecule has 0 aliphatic rings. The van der Waals surface area contributed by atoms with Crippen molar-refractivity contribution in [2.45, 2.75) is 13.3 Å². The summed E-state index contributed by atoms with van der Waals surface area (Å²) in [5, 5.41) is 3.17. The number of anilines is 1. The van der Waals surface area contributed by atoms with Crippen LogP contribution in [0.2, 0.25) is 0 Å². The van der Waals surface area contributed by atoms with Gasteiger partial charge >= 0.3 is 0 Å². The molecule has 1 aromatic heterocycles. The summed E-state index contributed by atoms with van der Waals surface area (Å²) in [7, 11) is 0. The van der Waals surface area contributed by atoms with Crippen LogP contribution in [0.15, 0.2) is 41.1 Å². The van der Waals surface area contributed by atoms with Gasteiger partial charge in [0.2, 0.25) is 5.88 Å². The van der Waals surface area contributed by atoms with Crippen molar-refractivity contribution in [1.82, 2.24) is 9.97 Å². The van der Waals surface area contributed by atoms with Crippen molar-refractivity contribution in [3.8, 4) is 11.6 Å². The van der Waals surface area contributed by atoms with Crippen molar-refractivity contribution in [1.29, 1.82) is 0 Å². The first-order valence-electron chi connectivity index (χ1n) is 5.78. The molecule has 0 radical (unpaired) electrons. The second-order valence-electron chi connectivity index (χ2n) is 3.70. The topological polar surface area (TPSA) is 47.0 Å². The summed E-state index contributed by atoms with van der Waals surface area (Å²) in [6.45, 7) is 2.97. The number of benzene rings is 1. The minimum atomic E-state index is 0.475. The van der Waals surface area contributed by atoms with Crippen molar-refractivity contribution >= 4 is 21.7 Å². The molecule has 0 atom stereocenters. The van der Waals surface area contributed by atoms with E-state index < -0.39 is 0 Å². The first kappa shape index (κ1) is 12.8. The van der Waals surface area contributed by atoms with Gasteiger partial charge in [0.15, 0.2) is 0 Å². The van der Waals surface area contributed by atoms with Gasteiger partial charge < -0.3 is 10.1 Å². The quantitative estimate of drug-likeness (QED) is 0.911. The molecule has 0 unspecified atom stereocenters. The summed E-state index contributed by atoms with van der Waals surface area (Å²) < 4.78 is 6.56. The van der Waals surface area contributed by atoms with Gasteiger partial charge in [-0.25, -0.2) is 0 Å². The molecule has 1 heterocycles. The van der Waals surface area contributed by atoms with Gasteiger partial charge in [-0.15, -0.1) is 0 Å². The molecule has 1 aromatic carbocycles. The SMILES string of the molecule is CCCNc1cncc(Oc2ccccc2Br)n1. The van der Waals surface area contributed by atoms with E-state index in [0.717, 1.165) is 29.0 Å². The summed E-state index contributed by atoms with van der Waals surface area (Å²) in [5.74, 6) is 1.92. The van der Waals surface area contributed by atoms with Crippen molar-refractivity contribution in [3.63, 3.8) is 0 Å². The third-order valence-corrected chi connectivity index (χ3v) is 2.87. The van der Waals surface area contributed by atoms with Crippen molar-refractivity contribution in [2.24, 2.45) is 0 Å². The van der Waals surface area contributed by atoms with Gasteiger partial charge in [-0.05, 0) is 34.5 Å². The number of rotatable bonds is 5. The van der Waals surface area contributed by atoms with E-state index in [9.17, 15) is 0 Å². The highest BCUT2D eigenvalue weighted by atomic mass is 79.9. The third kappa shape index (κ3) is 3.43. The lowest BCUT2D eigenvalue weighted by atomic mass is 10.3. The van der Waals surface area contributed by atoms with Gasteiger partial charge in [0, 0.05) is 6.54 Å². The van der Waals surface area contributed by atoms with Gasteiger partial charge in [-0.2, -0.15) is 4.98 Å². The zero-order valence-corrected chi connectivity index (χ0v) is 11.6. The number of hydrogen-bond donors (Lipinski definition) is 1. The lowest BCUT2D eigenvalue weighted by Crippen LogP contribution is -2.03. The monoisotopic (exact) mass is 307 g/mol. The van der Waals surface area contributed by atoms with Crippen LogP contribution in [0.3, 0.4) is 0 Å². The first-order valence-corrected chi connectivity index (χ1v) is 6.57. The van der Waals surface area contributed by atoms with E-state index in [0.29, 0.717) is 5.88 Å². The van der Waals surface area contributed by atoms with Gasteiger partial charge in [-0.1, -0.05) is 19.1 Å². The largest absolute Gasteiger partial charge is 0.436 e. The second-order valence-corrected chi connectivity index (χ2v) is 4.56. The number of para-hydroxylation sites is 1. The highest BCUT2D eigenvalue weighted by Crippen LogP contribution is 2.28. The Morgan fingerprint density at radius 2 is 2.11 bits per heavy atom. The molecule has 0 amide bonds. The minimum absolute atomic E-state index is 0.475. The lowest BCUT2D eigenvalue weighted by Gasteiger charge is -2.08. The number of halogens is 1. The molecule has 0 bridgehead atoms. The van der Waals surface area contributed by atoms with Crippen LogP contribution in [0, 0.1) is 0 Å². The molecule has 1 N–H and O–H groups in total. The number of nitrogens with one attached hydrogen (secondary N) is 1. The second kappa shape index (κ2) is 6.35. The zero-order valence-electron chi connectivity index (χ0n) is 10.1. The molecule has 0 aliphatic heterocycles. The lowest BCUT2D eigenvalue weighted by molar-refractivity contribution is 0.458. The molecule has 0 aliphatic carbocycles. The standard InChI is InChI=1S/C13H14BrN3O/c1-2-7-16-12-8-15-9-13(17-12)18-11-6-4-3-5-10(11)14/h3-6,8-9H,2,7H2,1H3,(H,16,17). The smallest absolute Gasteiger partial charge is 0.239 e. The Hall–Kier alpha value is -1.62. The molecule has 18 heavy (non-hydrogen) atoms. The van der Waals surface area contributed by atoms with Crippen LogP contribution >= 0.6 is 15.9 Å². The van der Waals surface area contributed by atoms with Crippen LogP contribution in [-0.2, 0) is 0 Å². The Kier molecular flexibility index (Phi) is 4.52. The Morgan fingerprint density at radius 1 is 1.28 bits per heavy atom. The van der Waals surface area contributed by atoms with E-state index in [2.05, 4.69) is 38.1 Å². The van der Waals surface area contributed by atoms with Gasteiger partial charge in [-0.3, -0.25) is 4.98 Å². The molecule has 0 saturated carbocycles. The number of aromatic nitrogens is 2. The van der Waals surface area contributed by atoms with Crippen molar-refractivity contribution in [2.75, 3.05) is 11.9 Å². The first-order chi connectivity index (χ1) is 8.79. The van der Waals surface area contributed by atoms with Crippen molar-refractivity contribution < 1.29 is 4.74 Å². The Bertz CT molecular complexity index is 519. The highest BCUT2D eigenvalue weighted by molar-refractivity contribution is 9.10. The Morgan fingerprint density at radius 3 is 2.89 bits per heavy atom. The summed E-state index contributed by atoms with van der Waals surface area (Å²) in [6, 6.07) is 7.63. The molecule has 0 fully saturated rings. The van der Waals surface area contributed by atoms with Crippen LogP contribution < -0.4 is 10.1 Å². The highest BCUT2D eigenvalue weighted by Gasteiger charge is 2.04. The maximum atomic E-state index is 5.67. The molecule has 2 rings (SSSR count). The zero-order chi connectivity index (χ0) is 12.8. The third-order valence-electron chi connectivity index (χ3n) is 2.22. The average molecular weight is 308 g/mol. The summed E-state index contributed by atoms with van der Waals surface area (Å²) in [5.41, 5.74) is 0. The number of nitrogens with zero attached hydrogens (tertiary/aromatic N) is 2. The summed E-state index contributed by atoms with van der Waals surface area (Å²) in [6.07, 6.45) is 4.32.